The predicted octanol–water partition coefficient (Wildman–Crippen LogP) is 1.59. The molecule has 16 heavy (non-hydrogen) atoms. The molecule has 5 heteroatoms. The van der Waals surface area contributed by atoms with Gasteiger partial charge in [0.25, 0.3) is 6.01 Å². The van der Waals surface area contributed by atoms with Crippen LogP contribution in [-0.4, -0.2) is 22.2 Å². The van der Waals surface area contributed by atoms with E-state index in [1.165, 1.54) is 0 Å². The molecule has 5 nitrogen and oxygen atoms in total. The number of anilines is 2. The molecule has 2 rings (SSSR count). The van der Waals surface area contributed by atoms with Gasteiger partial charge in [-0.3, -0.25) is 0 Å². The Balaban J connectivity index is 2.20. The maximum atomic E-state index is 9.55. The molecular weight excluding hydrogens is 206 g/mol. The Morgan fingerprint density at radius 1 is 1.50 bits per heavy atom. The van der Waals surface area contributed by atoms with Crippen molar-refractivity contribution in [2.45, 2.75) is 19.4 Å². The average Bonchev–Trinajstić information content (AvgIpc) is 2.55. The second-order valence-electron chi connectivity index (χ2n) is 4.41. The number of aliphatic hydroxyl groups is 1. The lowest BCUT2D eigenvalue weighted by Crippen LogP contribution is -2.29. The maximum absolute atomic E-state index is 9.55. The van der Waals surface area contributed by atoms with Gasteiger partial charge in [0.2, 0.25) is 0 Å². The first-order valence-electron chi connectivity index (χ1n) is 5.06. The molecule has 0 atom stereocenters. The van der Waals surface area contributed by atoms with Crippen molar-refractivity contribution in [3.05, 3.63) is 18.2 Å². The molecule has 0 radical (unpaired) electrons. The summed E-state index contributed by atoms with van der Waals surface area (Å²) in [5.74, 6) is 0. The number of nitrogens with two attached hydrogens (primary N) is 1. The van der Waals surface area contributed by atoms with Crippen molar-refractivity contribution in [1.82, 2.24) is 4.98 Å². The van der Waals surface area contributed by atoms with Crippen LogP contribution in [0.25, 0.3) is 11.1 Å². The van der Waals surface area contributed by atoms with E-state index >= 15 is 0 Å². The summed E-state index contributed by atoms with van der Waals surface area (Å²) < 4.78 is 5.43. The molecule has 0 aliphatic carbocycles. The molecule has 0 unspecified atom stereocenters. The number of nitrogen functional groups attached to an aromatic ring is 1. The van der Waals surface area contributed by atoms with Gasteiger partial charge in [-0.05, 0) is 26.0 Å². The smallest absolute Gasteiger partial charge is 0.295 e. The fourth-order valence-electron chi connectivity index (χ4n) is 1.31. The van der Waals surface area contributed by atoms with Gasteiger partial charge < -0.3 is 20.6 Å². The topological polar surface area (TPSA) is 84.3 Å². The standard InChI is InChI=1S/C11H15N3O2/c1-11(2,15)6-13-10-14-8-4-3-7(12)5-9(8)16-10/h3-5,15H,6,12H2,1-2H3,(H,13,14). The van der Waals surface area contributed by atoms with Gasteiger partial charge in [-0.15, -0.1) is 0 Å². The van der Waals surface area contributed by atoms with Gasteiger partial charge in [-0.25, -0.2) is 0 Å². The van der Waals surface area contributed by atoms with E-state index in [1.54, 1.807) is 32.0 Å². The van der Waals surface area contributed by atoms with E-state index in [1.807, 2.05) is 0 Å². The number of benzene rings is 1. The van der Waals surface area contributed by atoms with Crippen molar-refractivity contribution >= 4 is 22.8 Å². The SMILES string of the molecule is CC(C)(O)CNc1nc2ccc(N)cc2o1. The van der Waals surface area contributed by atoms with Crippen LogP contribution < -0.4 is 11.1 Å². The van der Waals surface area contributed by atoms with Gasteiger partial charge in [0.15, 0.2) is 5.58 Å². The third kappa shape index (κ3) is 2.43. The molecule has 0 fully saturated rings. The fourth-order valence-corrected chi connectivity index (χ4v) is 1.31. The molecule has 0 amide bonds. The highest BCUT2D eigenvalue weighted by Gasteiger charge is 2.14. The van der Waals surface area contributed by atoms with Crippen LogP contribution in [-0.2, 0) is 0 Å². The average molecular weight is 221 g/mol. The Hall–Kier alpha value is -1.75. The Morgan fingerprint density at radius 2 is 2.25 bits per heavy atom. The summed E-state index contributed by atoms with van der Waals surface area (Å²) in [7, 11) is 0. The number of nitrogens with one attached hydrogen (secondary N) is 1. The zero-order valence-electron chi connectivity index (χ0n) is 9.32. The van der Waals surface area contributed by atoms with Gasteiger partial charge >= 0.3 is 0 Å². The van der Waals surface area contributed by atoms with Crippen LogP contribution in [0.4, 0.5) is 11.7 Å². The number of aromatic nitrogens is 1. The number of oxazole rings is 1. The Kier molecular flexibility index (Phi) is 2.47. The summed E-state index contributed by atoms with van der Waals surface area (Å²) >= 11 is 0. The van der Waals surface area contributed by atoms with E-state index in [9.17, 15) is 5.11 Å². The third-order valence-corrected chi connectivity index (χ3v) is 2.08. The van der Waals surface area contributed by atoms with E-state index < -0.39 is 5.60 Å². The van der Waals surface area contributed by atoms with Crippen molar-refractivity contribution < 1.29 is 9.52 Å². The first-order valence-corrected chi connectivity index (χ1v) is 5.06. The van der Waals surface area contributed by atoms with E-state index in [4.69, 9.17) is 10.2 Å². The molecule has 0 bridgehead atoms. The molecule has 0 saturated carbocycles. The molecule has 86 valence electrons. The number of hydrogen-bond donors (Lipinski definition) is 3. The summed E-state index contributed by atoms with van der Waals surface area (Å²) in [6.07, 6.45) is 0. The van der Waals surface area contributed by atoms with Crippen molar-refractivity contribution in [3.63, 3.8) is 0 Å². The monoisotopic (exact) mass is 221 g/mol. The van der Waals surface area contributed by atoms with Gasteiger partial charge in [0.05, 0.1) is 5.60 Å². The lowest BCUT2D eigenvalue weighted by molar-refractivity contribution is 0.0939. The van der Waals surface area contributed by atoms with Gasteiger partial charge in [-0.1, -0.05) is 0 Å². The second kappa shape index (κ2) is 3.68. The molecule has 0 aliphatic heterocycles. The minimum Gasteiger partial charge on any atom is -0.423 e. The van der Waals surface area contributed by atoms with Crippen LogP contribution >= 0.6 is 0 Å². The lowest BCUT2D eigenvalue weighted by atomic mass is 10.1. The van der Waals surface area contributed by atoms with Crippen LogP contribution in [0.15, 0.2) is 22.6 Å². The Labute approximate surface area is 93.3 Å². The van der Waals surface area contributed by atoms with Crippen molar-refractivity contribution in [2.75, 3.05) is 17.6 Å². The molecule has 0 saturated heterocycles. The summed E-state index contributed by atoms with van der Waals surface area (Å²) in [6, 6.07) is 5.67. The van der Waals surface area contributed by atoms with Crippen molar-refractivity contribution in [3.8, 4) is 0 Å². The van der Waals surface area contributed by atoms with Crippen LogP contribution in [0, 0.1) is 0 Å². The molecule has 1 aromatic carbocycles. The molecule has 1 aromatic heterocycles. The summed E-state index contributed by atoms with van der Waals surface area (Å²) in [4.78, 5) is 4.21. The quantitative estimate of drug-likeness (QED) is 0.685. The van der Waals surface area contributed by atoms with Crippen molar-refractivity contribution in [1.29, 1.82) is 0 Å². The van der Waals surface area contributed by atoms with E-state index in [-0.39, 0.29) is 0 Å². The first-order chi connectivity index (χ1) is 7.44. The van der Waals surface area contributed by atoms with E-state index in [0.717, 1.165) is 5.52 Å². The minimum absolute atomic E-state index is 0.370. The van der Waals surface area contributed by atoms with Crippen molar-refractivity contribution in [2.24, 2.45) is 0 Å². The first kappa shape index (κ1) is 10.8. The fraction of sp³-hybridized carbons (Fsp3) is 0.364. The highest BCUT2D eigenvalue weighted by molar-refractivity contribution is 5.78. The third-order valence-electron chi connectivity index (χ3n) is 2.08. The van der Waals surface area contributed by atoms with Crippen LogP contribution in [0.3, 0.4) is 0 Å². The number of rotatable bonds is 3. The molecule has 1 heterocycles. The molecular formula is C11H15N3O2. The normalized spacial score (nSPS) is 11.9. The molecule has 4 N–H and O–H groups in total. The highest BCUT2D eigenvalue weighted by atomic mass is 16.4. The zero-order valence-corrected chi connectivity index (χ0v) is 9.32. The van der Waals surface area contributed by atoms with Gasteiger partial charge in [0.1, 0.15) is 5.52 Å². The minimum atomic E-state index is -0.806. The van der Waals surface area contributed by atoms with Crippen LogP contribution in [0.1, 0.15) is 13.8 Å². The second-order valence-corrected chi connectivity index (χ2v) is 4.41. The number of fused-ring (bicyclic) bond motifs is 1. The Bertz CT molecular complexity index is 499. The van der Waals surface area contributed by atoms with Crippen LogP contribution in [0.5, 0.6) is 0 Å². The highest BCUT2D eigenvalue weighted by Crippen LogP contribution is 2.21. The van der Waals surface area contributed by atoms with E-state index in [0.29, 0.717) is 23.8 Å². The molecule has 2 aromatic rings. The lowest BCUT2D eigenvalue weighted by Gasteiger charge is -2.16. The van der Waals surface area contributed by atoms with Gasteiger partial charge in [0, 0.05) is 18.3 Å². The molecule has 0 aliphatic rings. The zero-order chi connectivity index (χ0) is 11.8. The number of hydrogen-bond acceptors (Lipinski definition) is 5. The predicted molar refractivity (Wildman–Crippen MR) is 63.2 cm³/mol. The Morgan fingerprint density at radius 3 is 2.94 bits per heavy atom. The van der Waals surface area contributed by atoms with Gasteiger partial charge in [-0.2, -0.15) is 4.98 Å². The largest absolute Gasteiger partial charge is 0.423 e. The summed E-state index contributed by atoms with van der Waals surface area (Å²) in [6.45, 7) is 3.79. The number of nitrogens with zero attached hydrogens (tertiary/aromatic N) is 1. The van der Waals surface area contributed by atoms with E-state index in [2.05, 4.69) is 10.3 Å². The molecule has 0 spiro atoms. The summed E-state index contributed by atoms with van der Waals surface area (Å²) in [5, 5.41) is 12.5. The van der Waals surface area contributed by atoms with Crippen LogP contribution in [0.2, 0.25) is 0 Å². The summed E-state index contributed by atoms with van der Waals surface area (Å²) in [5.41, 5.74) is 6.84. The maximum Gasteiger partial charge on any atom is 0.295 e.